The second-order valence-electron chi connectivity index (χ2n) is 6.46. The summed E-state index contributed by atoms with van der Waals surface area (Å²) in [6.07, 6.45) is 2.13. The molecule has 108 valence electrons. The van der Waals surface area contributed by atoms with Crippen LogP contribution in [0.25, 0.3) is 0 Å². The molecule has 1 aromatic rings. The molecule has 0 aromatic heterocycles. The first-order valence-electron chi connectivity index (χ1n) is 7.17. The molecular formula is C17H28O2. The molecule has 0 aliphatic carbocycles. The average Bonchev–Trinajstić information content (AvgIpc) is 2.39. The highest BCUT2D eigenvalue weighted by molar-refractivity contribution is 5.44. The van der Waals surface area contributed by atoms with Gasteiger partial charge in [-0.2, -0.15) is 0 Å². The van der Waals surface area contributed by atoms with Crippen molar-refractivity contribution in [2.24, 2.45) is 0 Å². The van der Waals surface area contributed by atoms with Gasteiger partial charge < -0.3 is 9.84 Å². The third kappa shape index (κ3) is 3.50. The molecule has 1 N–H and O–H groups in total. The number of hydrogen-bond acceptors (Lipinski definition) is 2. The van der Waals surface area contributed by atoms with Crippen LogP contribution in [0.4, 0.5) is 0 Å². The minimum absolute atomic E-state index is 0.0460. The Morgan fingerprint density at radius 3 is 2.05 bits per heavy atom. The van der Waals surface area contributed by atoms with Crippen molar-refractivity contribution in [1.29, 1.82) is 0 Å². The van der Waals surface area contributed by atoms with Crippen LogP contribution in [-0.2, 0) is 10.8 Å². The van der Waals surface area contributed by atoms with Gasteiger partial charge in [0, 0.05) is 5.56 Å². The topological polar surface area (TPSA) is 29.5 Å². The number of hydrogen-bond donors (Lipinski definition) is 1. The number of benzene rings is 1. The molecule has 0 atom stereocenters. The lowest BCUT2D eigenvalue weighted by atomic mass is 9.76. The van der Waals surface area contributed by atoms with Gasteiger partial charge in [0.05, 0.1) is 0 Å². The number of ether oxygens (including phenoxy) is 1. The molecule has 0 amide bonds. The molecule has 0 spiro atoms. The maximum atomic E-state index is 9.04. The summed E-state index contributed by atoms with van der Waals surface area (Å²) in [7, 11) is 0. The summed E-state index contributed by atoms with van der Waals surface area (Å²) in [6.45, 7) is 13.1. The van der Waals surface area contributed by atoms with Crippen LogP contribution < -0.4 is 4.74 Å². The van der Waals surface area contributed by atoms with Gasteiger partial charge in [-0.25, -0.2) is 0 Å². The van der Waals surface area contributed by atoms with E-state index < -0.39 is 0 Å². The quantitative estimate of drug-likeness (QED) is 0.772. The second kappa shape index (κ2) is 5.96. The zero-order valence-electron chi connectivity index (χ0n) is 13.2. The van der Waals surface area contributed by atoms with Gasteiger partial charge in [-0.05, 0) is 35.3 Å². The van der Waals surface area contributed by atoms with Crippen LogP contribution in [0.15, 0.2) is 18.2 Å². The highest BCUT2D eigenvalue weighted by Crippen LogP contribution is 2.38. The Hall–Kier alpha value is -1.02. The van der Waals surface area contributed by atoms with E-state index in [1.165, 1.54) is 11.1 Å². The van der Waals surface area contributed by atoms with Crippen LogP contribution in [0.3, 0.4) is 0 Å². The summed E-state index contributed by atoms with van der Waals surface area (Å²) < 4.78 is 5.38. The molecule has 0 fully saturated rings. The predicted molar refractivity (Wildman–Crippen MR) is 80.8 cm³/mol. The Morgan fingerprint density at radius 1 is 1.00 bits per heavy atom. The molecule has 0 saturated heterocycles. The van der Waals surface area contributed by atoms with E-state index in [-0.39, 0.29) is 17.6 Å². The van der Waals surface area contributed by atoms with Crippen LogP contribution in [0.2, 0.25) is 0 Å². The van der Waals surface area contributed by atoms with E-state index in [4.69, 9.17) is 9.84 Å². The Morgan fingerprint density at radius 2 is 1.58 bits per heavy atom. The number of rotatable bonds is 6. The molecule has 0 saturated carbocycles. The molecule has 0 radical (unpaired) electrons. The largest absolute Gasteiger partial charge is 0.467 e. The lowest BCUT2D eigenvalue weighted by Gasteiger charge is -2.30. The lowest BCUT2D eigenvalue weighted by molar-refractivity contribution is 0.0963. The van der Waals surface area contributed by atoms with Crippen LogP contribution >= 0.6 is 0 Å². The van der Waals surface area contributed by atoms with Gasteiger partial charge in [-0.1, -0.05) is 53.7 Å². The summed E-state index contributed by atoms with van der Waals surface area (Å²) in [5, 5.41) is 9.04. The molecule has 1 aromatic carbocycles. The second-order valence-corrected chi connectivity index (χ2v) is 6.46. The monoisotopic (exact) mass is 264 g/mol. The van der Waals surface area contributed by atoms with E-state index in [1.54, 1.807) is 0 Å². The van der Waals surface area contributed by atoms with Crippen molar-refractivity contribution in [3.63, 3.8) is 0 Å². The summed E-state index contributed by atoms with van der Waals surface area (Å²) in [6, 6.07) is 6.36. The van der Waals surface area contributed by atoms with Crippen molar-refractivity contribution in [2.45, 2.75) is 65.2 Å². The first kappa shape index (κ1) is 16.0. The number of aliphatic hydroxyl groups is 1. The highest BCUT2D eigenvalue weighted by atomic mass is 16.6. The van der Waals surface area contributed by atoms with Gasteiger partial charge in [0.1, 0.15) is 5.75 Å². The first-order valence-corrected chi connectivity index (χ1v) is 7.17. The zero-order chi connectivity index (χ0) is 14.7. The molecule has 0 bridgehead atoms. The van der Waals surface area contributed by atoms with Gasteiger partial charge in [-0.15, -0.1) is 0 Å². The van der Waals surface area contributed by atoms with Gasteiger partial charge in [0.15, 0.2) is 6.79 Å². The first-order chi connectivity index (χ1) is 8.78. The maximum Gasteiger partial charge on any atom is 0.186 e. The van der Waals surface area contributed by atoms with Gasteiger partial charge >= 0.3 is 0 Å². The minimum atomic E-state index is -0.274. The highest BCUT2D eigenvalue weighted by Gasteiger charge is 2.26. The third-order valence-corrected chi connectivity index (χ3v) is 4.48. The normalized spacial score (nSPS) is 12.6. The molecule has 0 aliphatic heterocycles. The van der Waals surface area contributed by atoms with Crippen LogP contribution in [0.5, 0.6) is 5.75 Å². The summed E-state index contributed by atoms with van der Waals surface area (Å²) >= 11 is 0. The number of aliphatic hydroxyl groups excluding tert-OH is 1. The predicted octanol–water partition coefficient (Wildman–Crippen LogP) is 4.39. The summed E-state index contributed by atoms with van der Waals surface area (Å²) in [4.78, 5) is 0. The fourth-order valence-electron chi connectivity index (χ4n) is 2.07. The summed E-state index contributed by atoms with van der Waals surface area (Å²) in [5.41, 5.74) is 2.72. The van der Waals surface area contributed by atoms with E-state index >= 15 is 0 Å². The molecule has 0 heterocycles. The Kier molecular flexibility index (Phi) is 5.03. The standard InChI is InChI=1S/C17H28O2/c1-7-16(3,4)13-9-10-15(19-12-18)14(11-13)17(5,6)8-2/h9-11,18H,7-8,12H2,1-6H3. The van der Waals surface area contributed by atoms with Crippen molar-refractivity contribution in [1.82, 2.24) is 0 Å². The summed E-state index contributed by atoms with van der Waals surface area (Å²) in [5.74, 6) is 0.796. The fourth-order valence-corrected chi connectivity index (χ4v) is 2.07. The van der Waals surface area contributed by atoms with Crippen molar-refractivity contribution in [3.8, 4) is 5.75 Å². The maximum absolute atomic E-state index is 9.04. The average molecular weight is 264 g/mol. The molecule has 2 heteroatoms. The third-order valence-electron chi connectivity index (χ3n) is 4.48. The molecule has 1 rings (SSSR count). The van der Waals surface area contributed by atoms with Gasteiger partial charge in [0.2, 0.25) is 0 Å². The van der Waals surface area contributed by atoms with E-state index in [1.807, 2.05) is 6.07 Å². The van der Waals surface area contributed by atoms with E-state index in [0.717, 1.165) is 18.6 Å². The van der Waals surface area contributed by atoms with Crippen molar-refractivity contribution >= 4 is 0 Å². The van der Waals surface area contributed by atoms with Crippen molar-refractivity contribution in [2.75, 3.05) is 6.79 Å². The Balaban J connectivity index is 3.34. The van der Waals surface area contributed by atoms with E-state index in [0.29, 0.717) is 0 Å². The van der Waals surface area contributed by atoms with E-state index in [2.05, 4.69) is 53.7 Å². The minimum Gasteiger partial charge on any atom is -0.467 e. The zero-order valence-corrected chi connectivity index (χ0v) is 13.2. The molecule has 19 heavy (non-hydrogen) atoms. The molecular weight excluding hydrogens is 236 g/mol. The van der Waals surface area contributed by atoms with Crippen LogP contribution in [0.1, 0.15) is 65.5 Å². The van der Waals surface area contributed by atoms with Crippen LogP contribution in [0, 0.1) is 0 Å². The smallest absolute Gasteiger partial charge is 0.186 e. The van der Waals surface area contributed by atoms with Crippen LogP contribution in [-0.4, -0.2) is 11.9 Å². The van der Waals surface area contributed by atoms with Gasteiger partial charge in [-0.3, -0.25) is 0 Å². The Bertz CT molecular complexity index is 419. The fraction of sp³-hybridized carbons (Fsp3) is 0.647. The lowest BCUT2D eigenvalue weighted by Crippen LogP contribution is -2.21. The van der Waals surface area contributed by atoms with Gasteiger partial charge in [0.25, 0.3) is 0 Å². The van der Waals surface area contributed by atoms with Crippen molar-refractivity contribution < 1.29 is 9.84 Å². The SMILES string of the molecule is CCC(C)(C)c1ccc(OCO)c(C(C)(C)CC)c1. The van der Waals surface area contributed by atoms with E-state index in [9.17, 15) is 0 Å². The Labute approximate surface area is 117 Å². The molecule has 0 aliphatic rings. The molecule has 0 unspecified atom stereocenters. The molecule has 2 nitrogen and oxygen atoms in total. The van der Waals surface area contributed by atoms with Crippen molar-refractivity contribution in [3.05, 3.63) is 29.3 Å².